The van der Waals surface area contributed by atoms with Crippen molar-refractivity contribution in [1.82, 2.24) is 4.98 Å². The molecule has 0 aliphatic heterocycles. The third-order valence-electron chi connectivity index (χ3n) is 2.25. The Kier molecular flexibility index (Phi) is 3.61. The lowest BCUT2D eigenvalue weighted by molar-refractivity contribution is 0.134. The van der Waals surface area contributed by atoms with Gasteiger partial charge in [0.1, 0.15) is 0 Å². The van der Waals surface area contributed by atoms with Crippen LogP contribution in [0.3, 0.4) is 0 Å². The molecular formula is C10H12BrNO3S. The molecule has 0 spiro atoms. The van der Waals surface area contributed by atoms with Crippen molar-refractivity contribution in [2.75, 3.05) is 12.4 Å². The number of aromatic nitrogens is 1. The van der Waals surface area contributed by atoms with Crippen LogP contribution < -0.4 is 0 Å². The summed E-state index contributed by atoms with van der Waals surface area (Å²) >= 11 is 3.21. The van der Waals surface area contributed by atoms with Gasteiger partial charge in [0.25, 0.3) is 0 Å². The van der Waals surface area contributed by atoms with Crippen LogP contribution in [0.4, 0.5) is 0 Å². The van der Waals surface area contributed by atoms with Crippen molar-refractivity contribution in [2.45, 2.75) is 24.0 Å². The molecule has 2 rings (SSSR count). The first-order valence-electron chi connectivity index (χ1n) is 5.04. The van der Waals surface area contributed by atoms with Crippen molar-refractivity contribution in [3.8, 4) is 0 Å². The molecule has 88 valence electrons. The second kappa shape index (κ2) is 4.81. The van der Waals surface area contributed by atoms with Gasteiger partial charge in [0.05, 0.1) is 18.5 Å². The Labute approximate surface area is 103 Å². The molecule has 1 aromatic heterocycles. The average Bonchev–Trinajstić information content (AvgIpc) is 3.02. The number of hydrogen-bond acceptors (Lipinski definition) is 4. The molecule has 1 aromatic rings. The Morgan fingerprint density at radius 2 is 2.19 bits per heavy atom. The van der Waals surface area contributed by atoms with Crippen LogP contribution in [-0.2, 0) is 14.6 Å². The standard InChI is InChI=1S/C10H12BrNO3S/c11-8-1-4-10(12-7-8)16(13,14)6-5-15-9-2-3-9/h1,4,7,9H,2-3,5-6H2. The van der Waals surface area contributed by atoms with E-state index >= 15 is 0 Å². The summed E-state index contributed by atoms with van der Waals surface area (Å²) in [6.45, 7) is 0.255. The van der Waals surface area contributed by atoms with Crippen LogP contribution in [0, 0.1) is 0 Å². The Morgan fingerprint density at radius 1 is 1.44 bits per heavy atom. The minimum absolute atomic E-state index is 0.00185. The fraction of sp³-hybridized carbons (Fsp3) is 0.500. The molecule has 0 N–H and O–H groups in total. The number of pyridine rings is 1. The van der Waals surface area contributed by atoms with E-state index in [0.29, 0.717) is 0 Å². The Balaban J connectivity index is 1.97. The molecule has 0 saturated heterocycles. The van der Waals surface area contributed by atoms with E-state index in [1.165, 1.54) is 12.3 Å². The number of halogens is 1. The van der Waals surface area contributed by atoms with Crippen LogP contribution in [0.25, 0.3) is 0 Å². The van der Waals surface area contributed by atoms with Crippen LogP contribution in [0.5, 0.6) is 0 Å². The Bertz CT molecular complexity index is 453. The zero-order chi connectivity index (χ0) is 11.6. The molecule has 0 atom stereocenters. The first-order chi connectivity index (χ1) is 7.58. The number of ether oxygens (including phenoxy) is 1. The fourth-order valence-electron chi connectivity index (χ4n) is 1.21. The van der Waals surface area contributed by atoms with E-state index < -0.39 is 9.84 Å². The van der Waals surface area contributed by atoms with Gasteiger partial charge in [-0.2, -0.15) is 0 Å². The lowest BCUT2D eigenvalue weighted by atomic mass is 10.5. The molecule has 1 saturated carbocycles. The molecule has 1 heterocycles. The highest BCUT2D eigenvalue weighted by molar-refractivity contribution is 9.10. The van der Waals surface area contributed by atoms with Gasteiger partial charge in [0.15, 0.2) is 14.9 Å². The summed E-state index contributed by atoms with van der Waals surface area (Å²) in [5.74, 6) is -0.00185. The lowest BCUT2D eigenvalue weighted by Gasteiger charge is -2.04. The van der Waals surface area contributed by atoms with E-state index in [1.54, 1.807) is 6.07 Å². The number of sulfone groups is 1. The van der Waals surface area contributed by atoms with E-state index in [1.807, 2.05) is 0 Å². The summed E-state index contributed by atoms with van der Waals surface area (Å²) in [5.41, 5.74) is 0. The van der Waals surface area contributed by atoms with Gasteiger partial charge in [-0.3, -0.25) is 0 Å². The molecule has 0 radical (unpaired) electrons. The van der Waals surface area contributed by atoms with E-state index in [4.69, 9.17) is 4.74 Å². The third kappa shape index (κ3) is 3.26. The third-order valence-corrected chi connectivity index (χ3v) is 4.30. The van der Waals surface area contributed by atoms with Crippen molar-refractivity contribution < 1.29 is 13.2 Å². The first kappa shape index (κ1) is 12.0. The predicted octanol–water partition coefficient (Wildman–Crippen LogP) is 1.80. The van der Waals surface area contributed by atoms with Gasteiger partial charge in [-0.05, 0) is 40.9 Å². The van der Waals surface area contributed by atoms with Gasteiger partial charge in [0, 0.05) is 10.7 Å². The van der Waals surface area contributed by atoms with Crippen LogP contribution in [0.2, 0.25) is 0 Å². The van der Waals surface area contributed by atoms with Gasteiger partial charge < -0.3 is 4.74 Å². The summed E-state index contributed by atoms with van der Waals surface area (Å²) in [5, 5.41) is 0.107. The number of nitrogens with zero attached hydrogens (tertiary/aromatic N) is 1. The van der Waals surface area contributed by atoms with Crippen LogP contribution in [-0.4, -0.2) is 31.9 Å². The average molecular weight is 306 g/mol. The van der Waals surface area contributed by atoms with Gasteiger partial charge in [-0.15, -0.1) is 0 Å². The maximum Gasteiger partial charge on any atom is 0.197 e. The zero-order valence-electron chi connectivity index (χ0n) is 8.60. The molecule has 0 aromatic carbocycles. The zero-order valence-corrected chi connectivity index (χ0v) is 11.0. The molecule has 0 amide bonds. The molecular weight excluding hydrogens is 294 g/mol. The predicted molar refractivity (Wildman–Crippen MR) is 63.0 cm³/mol. The Hall–Kier alpha value is -0.460. The summed E-state index contributed by atoms with van der Waals surface area (Å²) in [6, 6.07) is 3.16. The van der Waals surface area contributed by atoms with Gasteiger partial charge >= 0.3 is 0 Å². The minimum Gasteiger partial charge on any atom is -0.377 e. The van der Waals surface area contributed by atoms with E-state index in [0.717, 1.165) is 17.3 Å². The number of rotatable bonds is 5. The molecule has 0 bridgehead atoms. The van der Waals surface area contributed by atoms with Crippen molar-refractivity contribution in [2.24, 2.45) is 0 Å². The lowest BCUT2D eigenvalue weighted by Crippen LogP contribution is -2.14. The smallest absolute Gasteiger partial charge is 0.197 e. The highest BCUT2D eigenvalue weighted by Gasteiger charge is 2.23. The van der Waals surface area contributed by atoms with Gasteiger partial charge in [0.2, 0.25) is 0 Å². The molecule has 4 nitrogen and oxygen atoms in total. The summed E-state index contributed by atoms with van der Waals surface area (Å²) in [6.07, 6.45) is 3.87. The molecule has 1 fully saturated rings. The van der Waals surface area contributed by atoms with Crippen LogP contribution in [0.15, 0.2) is 27.8 Å². The molecule has 1 aliphatic carbocycles. The highest BCUT2D eigenvalue weighted by Crippen LogP contribution is 2.23. The second-order valence-electron chi connectivity index (χ2n) is 3.70. The first-order valence-corrected chi connectivity index (χ1v) is 7.48. The fourth-order valence-corrected chi connectivity index (χ4v) is 2.46. The SMILES string of the molecule is O=S(=O)(CCOC1CC1)c1ccc(Br)cn1. The molecule has 0 unspecified atom stereocenters. The van der Waals surface area contributed by atoms with E-state index in [9.17, 15) is 8.42 Å². The highest BCUT2D eigenvalue weighted by atomic mass is 79.9. The van der Waals surface area contributed by atoms with E-state index in [-0.39, 0.29) is 23.5 Å². The van der Waals surface area contributed by atoms with E-state index in [2.05, 4.69) is 20.9 Å². The van der Waals surface area contributed by atoms with Crippen molar-refractivity contribution in [3.63, 3.8) is 0 Å². The normalized spacial score (nSPS) is 16.3. The molecule has 16 heavy (non-hydrogen) atoms. The summed E-state index contributed by atoms with van der Waals surface area (Å²) in [7, 11) is -3.30. The van der Waals surface area contributed by atoms with Crippen molar-refractivity contribution in [1.29, 1.82) is 0 Å². The van der Waals surface area contributed by atoms with Crippen molar-refractivity contribution >= 4 is 25.8 Å². The Morgan fingerprint density at radius 3 is 2.75 bits per heavy atom. The maximum atomic E-state index is 11.8. The largest absolute Gasteiger partial charge is 0.377 e. The number of hydrogen-bond donors (Lipinski definition) is 0. The second-order valence-corrected chi connectivity index (χ2v) is 6.68. The van der Waals surface area contributed by atoms with Crippen LogP contribution in [0.1, 0.15) is 12.8 Å². The molecule has 6 heteroatoms. The molecule has 1 aliphatic rings. The van der Waals surface area contributed by atoms with Gasteiger partial charge in [-0.25, -0.2) is 13.4 Å². The maximum absolute atomic E-state index is 11.8. The monoisotopic (exact) mass is 305 g/mol. The van der Waals surface area contributed by atoms with Crippen LogP contribution >= 0.6 is 15.9 Å². The quantitative estimate of drug-likeness (QED) is 0.832. The van der Waals surface area contributed by atoms with Crippen molar-refractivity contribution in [3.05, 3.63) is 22.8 Å². The topological polar surface area (TPSA) is 56.3 Å². The summed E-state index contributed by atoms with van der Waals surface area (Å²) in [4.78, 5) is 3.87. The van der Waals surface area contributed by atoms with Gasteiger partial charge in [-0.1, -0.05) is 0 Å². The minimum atomic E-state index is -3.30. The summed E-state index contributed by atoms with van der Waals surface area (Å²) < 4.78 is 29.7.